The third-order valence-corrected chi connectivity index (χ3v) is 7.85. The Morgan fingerprint density at radius 1 is 0.943 bits per heavy atom. The van der Waals surface area contributed by atoms with E-state index < -0.39 is 0 Å². The summed E-state index contributed by atoms with van der Waals surface area (Å²) in [5, 5.41) is 3.13. The maximum Gasteiger partial charge on any atom is 0.230 e. The third-order valence-electron chi connectivity index (χ3n) is 7.85. The molecule has 0 bridgehead atoms. The fourth-order valence-corrected chi connectivity index (χ4v) is 5.54. The smallest absolute Gasteiger partial charge is 0.230 e. The van der Waals surface area contributed by atoms with Crippen LogP contribution >= 0.6 is 0 Å². The first-order chi connectivity index (χ1) is 17.0. The minimum Gasteiger partial charge on any atom is -0.377 e. The van der Waals surface area contributed by atoms with Crippen LogP contribution in [0, 0.1) is 5.92 Å². The van der Waals surface area contributed by atoms with Crippen LogP contribution in [-0.2, 0) is 16.1 Å². The van der Waals surface area contributed by atoms with Crippen molar-refractivity contribution in [3.8, 4) is 0 Å². The molecule has 2 fully saturated rings. The zero-order valence-electron chi connectivity index (χ0n) is 21.6. The van der Waals surface area contributed by atoms with Crippen molar-refractivity contribution in [2.24, 2.45) is 5.92 Å². The van der Waals surface area contributed by atoms with Crippen molar-refractivity contribution in [2.45, 2.75) is 83.2 Å². The molecule has 5 nitrogen and oxygen atoms in total. The average Bonchev–Trinajstić information content (AvgIpc) is 2.83. The van der Waals surface area contributed by atoms with E-state index >= 15 is 0 Å². The second-order valence-electron chi connectivity index (χ2n) is 10.5. The zero-order chi connectivity index (χ0) is 24.8. The van der Waals surface area contributed by atoms with Crippen LogP contribution in [0.3, 0.4) is 0 Å². The van der Waals surface area contributed by atoms with Gasteiger partial charge in [0.15, 0.2) is 0 Å². The average molecular weight is 476 g/mol. The molecule has 2 saturated carbocycles. The lowest BCUT2D eigenvalue weighted by Crippen LogP contribution is -2.43. The fraction of sp³-hybridized carbons (Fsp3) is 0.533. The molecule has 5 heteroatoms. The largest absolute Gasteiger partial charge is 0.377 e. The van der Waals surface area contributed by atoms with Crippen molar-refractivity contribution in [3.63, 3.8) is 0 Å². The summed E-state index contributed by atoms with van der Waals surface area (Å²) in [7, 11) is 4.08. The summed E-state index contributed by atoms with van der Waals surface area (Å²) >= 11 is 0. The van der Waals surface area contributed by atoms with Crippen LogP contribution < -0.4 is 10.2 Å². The molecule has 2 aromatic carbocycles. The highest BCUT2D eigenvalue weighted by Gasteiger charge is 2.31. The molecule has 35 heavy (non-hydrogen) atoms. The second-order valence-corrected chi connectivity index (χ2v) is 10.5. The third kappa shape index (κ3) is 6.06. The number of carbonyl (C=O) groups excluding carboxylic acids is 2. The van der Waals surface area contributed by atoms with Crippen LogP contribution in [0.15, 0.2) is 48.5 Å². The molecule has 0 aliphatic heterocycles. The highest BCUT2D eigenvalue weighted by molar-refractivity contribution is 5.93. The van der Waals surface area contributed by atoms with Gasteiger partial charge < -0.3 is 15.1 Å². The first-order valence-electron chi connectivity index (χ1n) is 13.4. The van der Waals surface area contributed by atoms with Crippen LogP contribution in [0.2, 0.25) is 0 Å². The number of nitrogens with zero attached hydrogens (tertiary/aromatic N) is 2. The minimum absolute atomic E-state index is 0.121. The standard InChI is InChI=1S/C30H41N3O2/c1-4-27(22-12-7-5-8-13-22)30(35)33(26-16-9-6-10-17-26)21-24-20-25(18-19-28(24)32(2)3)31-29(34)23-14-11-15-23/h5,7-8,12-13,18-20,23,26-27H,4,6,9-11,14-17,21H2,1-3H3,(H,31,34)/t27-/m0/s1. The molecular formula is C30H41N3O2. The number of rotatable bonds is 9. The van der Waals surface area contributed by atoms with Crippen molar-refractivity contribution in [2.75, 3.05) is 24.3 Å². The first kappa shape index (κ1) is 25.3. The van der Waals surface area contributed by atoms with E-state index in [2.05, 4.69) is 46.3 Å². The zero-order valence-corrected chi connectivity index (χ0v) is 21.6. The van der Waals surface area contributed by atoms with E-state index in [1.54, 1.807) is 0 Å². The summed E-state index contributed by atoms with van der Waals surface area (Å²) in [5.41, 5.74) is 4.10. The molecule has 0 radical (unpaired) electrons. The van der Waals surface area contributed by atoms with Crippen molar-refractivity contribution in [1.82, 2.24) is 4.90 Å². The highest BCUT2D eigenvalue weighted by atomic mass is 16.2. The molecule has 1 atom stereocenters. The molecule has 2 aromatic rings. The van der Waals surface area contributed by atoms with E-state index in [1.165, 1.54) is 19.3 Å². The SMILES string of the molecule is CC[C@H](C(=O)N(Cc1cc(NC(=O)C2CCC2)ccc1N(C)C)C1CCCCC1)c1ccccc1. The van der Waals surface area contributed by atoms with E-state index in [4.69, 9.17) is 0 Å². The molecule has 2 aliphatic rings. The van der Waals surface area contributed by atoms with Gasteiger partial charge in [0.1, 0.15) is 0 Å². The number of nitrogens with one attached hydrogen (secondary N) is 1. The predicted octanol–water partition coefficient (Wildman–Crippen LogP) is 6.35. The summed E-state index contributed by atoms with van der Waals surface area (Å²) in [6, 6.07) is 16.6. The number of carbonyl (C=O) groups is 2. The van der Waals surface area contributed by atoms with E-state index in [1.807, 2.05) is 38.4 Å². The van der Waals surface area contributed by atoms with Gasteiger partial charge in [-0.15, -0.1) is 0 Å². The number of amides is 2. The van der Waals surface area contributed by atoms with Crippen molar-refractivity contribution >= 4 is 23.2 Å². The predicted molar refractivity (Wildman–Crippen MR) is 144 cm³/mol. The number of hydrogen-bond donors (Lipinski definition) is 1. The van der Waals surface area contributed by atoms with Crippen molar-refractivity contribution in [3.05, 3.63) is 59.7 Å². The molecule has 0 spiro atoms. The lowest BCUT2D eigenvalue weighted by atomic mass is 9.85. The highest BCUT2D eigenvalue weighted by Crippen LogP contribution is 2.33. The molecule has 1 N–H and O–H groups in total. The Hall–Kier alpha value is -2.82. The van der Waals surface area contributed by atoms with Gasteiger partial charge >= 0.3 is 0 Å². The number of benzene rings is 2. The molecule has 0 aromatic heterocycles. The Kier molecular flexibility index (Phi) is 8.48. The lowest BCUT2D eigenvalue weighted by molar-refractivity contribution is -0.136. The molecule has 4 rings (SSSR count). The maximum absolute atomic E-state index is 14.1. The summed E-state index contributed by atoms with van der Waals surface area (Å²) < 4.78 is 0. The van der Waals surface area contributed by atoms with Gasteiger partial charge in [-0.25, -0.2) is 0 Å². The summed E-state index contributed by atoms with van der Waals surface area (Å²) in [5.74, 6) is 0.347. The monoisotopic (exact) mass is 475 g/mol. The molecule has 188 valence electrons. The van der Waals surface area contributed by atoms with Gasteiger partial charge in [0.2, 0.25) is 11.8 Å². The van der Waals surface area contributed by atoms with Crippen LogP contribution in [0.25, 0.3) is 0 Å². The Morgan fingerprint density at radius 2 is 1.66 bits per heavy atom. The van der Waals surface area contributed by atoms with Crippen LogP contribution in [0.4, 0.5) is 11.4 Å². The fourth-order valence-electron chi connectivity index (χ4n) is 5.54. The van der Waals surface area contributed by atoms with Crippen LogP contribution in [0.5, 0.6) is 0 Å². The maximum atomic E-state index is 14.1. The lowest BCUT2D eigenvalue weighted by Gasteiger charge is -2.37. The quantitative estimate of drug-likeness (QED) is 0.460. The first-order valence-corrected chi connectivity index (χ1v) is 13.4. The van der Waals surface area contributed by atoms with Gasteiger partial charge in [-0.3, -0.25) is 9.59 Å². The molecule has 2 amide bonds. The van der Waals surface area contributed by atoms with Gasteiger partial charge in [-0.2, -0.15) is 0 Å². The van der Waals surface area contributed by atoms with Gasteiger partial charge in [0.05, 0.1) is 5.92 Å². The van der Waals surface area contributed by atoms with Gasteiger partial charge in [0, 0.05) is 44.0 Å². The summed E-state index contributed by atoms with van der Waals surface area (Å²) in [6.45, 7) is 2.67. The Balaban J connectivity index is 1.63. The van der Waals surface area contributed by atoms with Crippen molar-refractivity contribution < 1.29 is 9.59 Å². The normalized spacial score (nSPS) is 17.3. The Labute approximate surface area is 210 Å². The van der Waals surface area contributed by atoms with Gasteiger partial charge in [-0.05, 0) is 61.4 Å². The Bertz CT molecular complexity index is 994. The topological polar surface area (TPSA) is 52.7 Å². The van der Waals surface area contributed by atoms with E-state index in [-0.39, 0.29) is 29.7 Å². The summed E-state index contributed by atoms with van der Waals surface area (Å²) in [6.07, 6.45) is 9.61. The Morgan fingerprint density at radius 3 is 2.26 bits per heavy atom. The van der Waals surface area contributed by atoms with E-state index in [9.17, 15) is 9.59 Å². The molecule has 0 heterocycles. The molecular weight excluding hydrogens is 434 g/mol. The summed E-state index contributed by atoms with van der Waals surface area (Å²) in [4.78, 5) is 31.0. The molecule has 0 unspecified atom stereocenters. The van der Waals surface area contributed by atoms with Crippen LogP contribution in [0.1, 0.15) is 81.8 Å². The number of hydrogen-bond acceptors (Lipinski definition) is 3. The van der Waals surface area contributed by atoms with Crippen LogP contribution in [-0.4, -0.2) is 36.9 Å². The van der Waals surface area contributed by atoms with Gasteiger partial charge in [0.25, 0.3) is 0 Å². The second kappa shape index (κ2) is 11.7. The molecule has 0 saturated heterocycles. The van der Waals surface area contributed by atoms with Gasteiger partial charge in [-0.1, -0.05) is 62.9 Å². The number of anilines is 2. The molecule has 2 aliphatic carbocycles. The van der Waals surface area contributed by atoms with E-state index in [0.29, 0.717) is 6.54 Å². The minimum atomic E-state index is -0.137. The van der Waals surface area contributed by atoms with E-state index in [0.717, 1.165) is 61.0 Å². The van der Waals surface area contributed by atoms with Crippen molar-refractivity contribution in [1.29, 1.82) is 0 Å².